The standard InChI is InChI=1S/C12H19FN2/c1-9(14-4)6-12(2,3)10-5-11(13)8-15-7-10/h5,7-9,14H,6H2,1-4H3. The van der Waals surface area contributed by atoms with Crippen molar-refractivity contribution in [3.63, 3.8) is 0 Å². The molecule has 0 aliphatic carbocycles. The molecule has 0 fully saturated rings. The van der Waals surface area contributed by atoms with Gasteiger partial charge in [-0.3, -0.25) is 4.98 Å². The summed E-state index contributed by atoms with van der Waals surface area (Å²) in [7, 11) is 1.94. The van der Waals surface area contributed by atoms with Gasteiger partial charge >= 0.3 is 0 Å². The van der Waals surface area contributed by atoms with Crippen molar-refractivity contribution in [2.24, 2.45) is 0 Å². The highest BCUT2D eigenvalue weighted by Gasteiger charge is 2.23. The van der Waals surface area contributed by atoms with Gasteiger partial charge in [0.05, 0.1) is 6.20 Å². The van der Waals surface area contributed by atoms with Crippen molar-refractivity contribution in [2.45, 2.75) is 38.6 Å². The van der Waals surface area contributed by atoms with E-state index in [4.69, 9.17) is 0 Å². The van der Waals surface area contributed by atoms with Crippen LogP contribution in [0.15, 0.2) is 18.5 Å². The highest BCUT2D eigenvalue weighted by molar-refractivity contribution is 5.20. The lowest BCUT2D eigenvalue weighted by Gasteiger charge is -2.28. The van der Waals surface area contributed by atoms with Crippen LogP contribution in [0.4, 0.5) is 4.39 Å². The van der Waals surface area contributed by atoms with Gasteiger partial charge in [-0.25, -0.2) is 4.39 Å². The van der Waals surface area contributed by atoms with Gasteiger partial charge in [0.25, 0.3) is 0 Å². The summed E-state index contributed by atoms with van der Waals surface area (Å²) in [6.07, 6.45) is 3.93. The van der Waals surface area contributed by atoms with Crippen LogP contribution >= 0.6 is 0 Å². The number of halogens is 1. The van der Waals surface area contributed by atoms with Gasteiger partial charge in [-0.1, -0.05) is 13.8 Å². The Morgan fingerprint density at radius 2 is 2.13 bits per heavy atom. The second kappa shape index (κ2) is 4.71. The molecule has 0 amide bonds. The molecule has 1 rings (SSSR count). The maximum Gasteiger partial charge on any atom is 0.141 e. The number of rotatable bonds is 4. The summed E-state index contributed by atoms with van der Waals surface area (Å²) in [4.78, 5) is 3.89. The molecular weight excluding hydrogens is 191 g/mol. The Bertz CT molecular complexity index is 323. The average Bonchev–Trinajstić information content (AvgIpc) is 2.17. The number of nitrogens with one attached hydrogen (secondary N) is 1. The predicted molar refractivity (Wildman–Crippen MR) is 60.4 cm³/mol. The third-order valence-corrected chi connectivity index (χ3v) is 2.80. The smallest absolute Gasteiger partial charge is 0.141 e. The lowest BCUT2D eigenvalue weighted by Crippen LogP contribution is -2.31. The van der Waals surface area contributed by atoms with Crippen LogP contribution in [0.3, 0.4) is 0 Å². The SMILES string of the molecule is CNC(C)CC(C)(C)c1cncc(F)c1. The zero-order valence-electron chi connectivity index (χ0n) is 9.84. The molecule has 0 aliphatic rings. The molecule has 2 nitrogen and oxygen atoms in total. The van der Waals surface area contributed by atoms with E-state index in [0.717, 1.165) is 12.0 Å². The molecule has 0 aromatic carbocycles. The Kier molecular flexibility index (Phi) is 3.80. The van der Waals surface area contributed by atoms with Crippen molar-refractivity contribution in [2.75, 3.05) is 7.05 Å². The summed E-state index contributed by atoms with van der Waals surface area (Å²) < 4.78 is 13.0. The van der Waals surface area contributed by atoms with Crippen LogP contribution < -0.4 is 5.32 Å². The Hall–Kier alpha value is -0.960. The lowest BCUT2D eigenvalue weighted by atomic mass is 9.80. The Labute approximate surface area is 90.9 Å². The van der Waals surface area contributed by atoms with Crippen LogP contribution in [0, 0.1) is 5.82 Å². The molecular formula is C12H19FN2. The number of aromatic nitrogens is 1. The molecule has 84 valence electrons. The zero-order chi connectivity index (χ0) is 11.5. The molecule has 1 N–H and O–H groups in total. The van der Waals surface area contributed by atoms with Gasteiger partial charge in [0.2, 0.25) is 0 Å². The second-order valence-corrected chi connectivity index (χ2v) is 4.67. The van der Waals surface area contributed by atoms with Crippen molar-refractivity contribution in [1.82, 2.24) is 10.3 Å². The molecule has 0 saturated carbocycles. The van der Waals surface area contributed by atoms with E-state index in [2.05, 4.69) is 31.1 Å². The van der Waals surface area contributed by atoms with Gasteiger partial charge in [0, 0.05) is 12.2 Å². The van der Waals surface area contributed by atoms with Gasteiger partial charge in [-0.15, -0.1) is 0 Å². The van der Waals surface area contributed by atoms with Gasteiger partial charge in [-0.05, 0) is 37.4 Å². The second-order valence-electron chi connectivity index (χ2n) is 4.67. The van der Waals surface area contributed by atoms with Gasteiger partial charge < -0.3 is 5.32 Å². The molecule has 0 saturated heterocycles. The van der Waals surface area contributed by atoms with E-state index in [0.29, 0.717) is 6.04 Å². The maximum atomic E-state index is 13.0. The first-order chi connectivity index (χ1) is 6.95. The first kappa shape index (κ1) is 12.1. The topological polar surface area (TPSA) is 24.9 Å². The van der Waals surface area contributed by atoms with Crippen molar-refractivity contribution >= 4 is 0 Å². The predicted octanol–water partition coefficient (Wildman–Crippen LogP) is 2.50. The van der Waals surface area contributed by atoms with Crippen LogP contribution in [-0.2, 0) is 5.41 Å². The summed E-state index contributed by atoms with van der Waals surface area (Å²) in [5, 5.41) is 3.19. The van der Waals surface area contributed by atoms with E-state index in [1.807, 2.05) is 7.05 Å². The van der Waals surface area contributed by atoms with Gasteiger partial charge in [-0.2, -0.15) is 0 Å². The molecule has 0 spiro atoms. The molecule has 1 aromatic rings. The van der Waals surface area contributed by atoms with Crippen molar-refractivity contribution in [3.05, 3.63) is 29.8 Å². The maximum absolute atomic E-state index is 13.0. The van der Waals surface area contributed by atoms with Crippen LogP contribution in [-0.4, -0.2) is 18.1 Å². The third kappa shape index (κ3) is 3.27. The first-order valence-corrected chi connectivity index (χ1v) is 5.24. The van der Waals surface area contributed by atoms with E-state index >= 15 is 0 Å². The minimum absolute atomic E-state index is 0.0580. The number of hydrogen-bond acceptors (Lipinski definition) is 2. The number of pyridine rings is 1. The summed E-state index contributed by atoms with van der Waals surface area (Å²) in [5.41, 5.74) is 0.891. The molecule has 1 heterocycles. The van der Waals surface area contributed by atoms with Crippen molar-refractivity contribution in [1.29, 1.82) is 0 Å². The molecule has 0 aliphatic heterocycles. The Morgan fingerprint density at radius 1 is 1.47 bits per heavy atom. The van der Waals surface area contributed by atoms with Crippen LogP contribution in [0.1, 0.15) is 32.8 Å². The van der Waals surface area contributed by atoms with E-state index in [-0.39, 0.29) is 11.2 Å². The van der Waals surface area contributed by atoms with Crippen LogP contribution in [0.5, 0.6) is 0 Å². The van der Waals surface area contributed by atoms with E-state index in [1.54, 1.807) is 12.3 Å². The monoisotopic (exact) mass is 210 g/mol. The summed E-state index contributed by atoms with van der Waals surface area (Å²) in [6, 6.07) is 1.97. The normalized spacial score (nSPS) is 13.9. The summed E-state index contributed by atoms with van der Waals surface area (Å²) in [5.74, 6) is -0.266. The molecule has 0 radical (unpaired) electrons. The van der Waals surface area contributed by atoms with E-state index < -0.39 is 0 Å². The Morgan fingerprint density at radius 3 is 2.67 bits per heavy atom. The highest BCUT2D eigenvalue weighted by Crippen LogP contribution is 2.27. The third-order valence-electron chi connectivity index (χ3n) is 2.80. The minimum Gasteiger partial charge on any atom is -0.317 e. The van der Waals surface area contributed by atoms with Crippen LogP contribution in [0.2, 0.25) is 0 Å². The van der Waals surface area contributed by atoms with Gasteiger partial charge in [0.15, 0.2) is 0 Å². The number of hydrogen-bond donors (Lipinski definition) is 1. The van der Waals surface area contributed by atoms with E-state index in [9.17, 15) is 4.39 Å². The molecule has 3 heteroatoms. The van der Waals surface area contributed by atoms with E-state index in [1.165, 1.54) is 6.20 Å². The molecule has 0 bridgehead atoms. The fraction of sp³-hybridized carbons (Fsp3) is 0.583. The van der Waals surface area contributed by atoms with Crippen molar-refractivity contribution < 1.29 is 4.39 Å². The molecule has 1 aromatic heterocycles. The summed E-state index contributed by atoms with van der Waals surface area (Å²) >= 11 is 0. The van der Waals surface area contributed by atoms with Crippen molar-refractivity contribution in [3.8, 4) is 0 Å². The number of nitrogens with zero attached hydrogens (tertiary/aromatic N) is 1. The van der Waals surface area contributed by atoms with Crippen LogP contribution in [0.25, 0.3) is 0 Å². The first-order valence-electron chi connectivity index (χ1n) is 5.24. The molecule has 1 unspecified atom stereocenters. The highest BCUT2D eigenvalue weighted by atomic mass is 19.1. The lowest BCUT2D eigenvalue weighted by molar-refractivity contribution is 0.402. The zero-order valence-corrected chi connectivity index (χ0v) is 9.84. The molecule has 1 atom stereocenters. The summed E-state index contributed by atoms with van der Waals surface area (Å²) in [6.45, 7) is 6.34. The van der Waals surface area contributed by atoms with Gasteiger partial charge in [0.1, 0.15) is 5.82 Å². The quantitative estimate of drug-likeness (QED) is 0.826. The Balaban J connectivity index is 2.85. The minimum atomic E-state index is -0.266. The molecule has 15 heavy (non-hydrogen) atoms. The fourth-order valence-electron chi connectivity index (χ4n) is 1.77. The largest absolute Gasteiger partial charge is 0.317 e. The average molecular weight is 210 g/mol. The fourth-order valence-corrected chi connectivity index (χ4v) is 1.77.